The number of rotatable bonds is 6. The zero-order chi connectivity index (χ0) is 14.4. The largest absolute Gasteiger partial charge is 0.481 e. The normalized spacial score (nSPS) is 11.9. The van der Waals surface area contributed by atoms with Gasteiger partial charge in [-0.2, -0.15) is 0 Å². The SMILES string of the molecule is CCC(CCC(=O)Nc1ccc(Cl)cc1Cl)C(=O)O. The number of hydrogen-bond acceptors (Lipinski definition) is 2. The number of carbonyl (C=O) groups is 2. The number of hydrogen-bond donors (Lipinski definition) is 2. The molecule has 0 bridgehead atoms. The van der Waals surface area contributed by atoms with Crippen LogP contribution in [0.4, 0.5) is 5.69 Å². The van der Waals surface area contributed by atoms with E-state index in [1.807, 2.05) is 0 Å². The Labute approximate surface area is 121 Å². The van der Waals surface area contributed by atoms with E-state index in [9.17, 15) is 9.59 Å². The van der Waals surface area contributed by atoms with Crippen molar-refractivity contribution >= 4 is 40.8 Å². The van der Waals surface area contributed by atoms with E-state index in [2.05, 4.69) is 5.32 Å². The smallest absolute Gasteiger partial charge is 0.306 e. The van der Waals surface area contributed by atoms with E-state index in [0.717, 1.165) is 0 Å². The van der Waals surface area contributed by atoms with Crippen molar-refractivity contribution in [3.05, 3.63) is 28.2 Å². The summed E-state index contributed by atoms with van der Waals surface area (Å²) in [6, 6.07) is 4.76. The number of nitrogens with one attached hydrogen (secondary N) is 1. The minimum Gasteiger partial charge on any atom is -0.481 e. The van der Waals surface area contributed by atoms with Gasteiger partial charge in [0.15, 0.2) is 0 Å². The van der Waals surface area contributed by atoms with Crippen LogP contribution >= 0.6 is 23.2 Å². The van der Waals surface area contributed by atoms with Crippen molar-refractivity contribution in [3.8, 4) is 0 Å². The molecule has 1 aromatic carbocycles. The van der Waals surface area contributed by atoms with Crippen LogP contribution in [0.15, 0.2) is 18.2 Å². The van der Waals surface area contributed by atoms with Gasteiger partial charge in [-0.25, -0.2) is 0 Å². The summed E-state index contributed by atoms with van der Waals surface area (Å²) in [5, 5.41) is 12.4. The predicted molar refractivity (Wildman–Crippen MR) is 75.7 cm³/mol. The van der Waals surface area contributed by atoms with E-state index in [0.29, 0.717) is 28.6 Å². The Balaban J connectivity index is 2.53. The highest BCUT2D eigenvalue weighted by molar-refractivity contribution is 6.36. The van der Waals surface area contributed by atoms with Crippen LogP contribution in [0, 0.1) is 5.92 Å². The second-order valence-electron chi connectivity index (χ2n) is 4.15. The number of carboxylic acids is 1. The molecule has 0 heterocycles. The number of carbonyl (C=O) groups excluding carboxylic acids is 1. The van der Waals surface area contributed by atoms with Crippen LogP contribution in [0.3, 0.4) is 0 Å². The first-order chi connectivity index (χ1) is 8.93. The molecule has 2 N–H and O–H groups in total. The predicted octanol–water partition coefficient (Wildman–Crippen LogP) is 3.82. The quantitative estimate of drug-likeness (QED) is 0.839. The minimum absolute atomic E-state index is 0.143. The standard InChI is InChI=1S/C13H15Cl2NO3/c1-2-8(13(18)19)3-6-12(17)16-11-5-4-9(14)7-10(11)15/h4-5,7-8H,2-3,6H2,1H3,(H,16,17)(H,18,19). The van der Waals surface area contributed by atoms with Crippen LogP contribution in [0.5, 0.6) is 0 Å². The van der Waals surface area contributed by atoms with E-state index in [4.69, 9.17) is 28.3 Å². The van der Waals surface area contributed by atoms with Gasteiger partial charge in [0.1, 0.15) is 0 Å². The molecular formula is C13H15Cl2NO3. The lowest BCUT2D eigenvalue weighted by Gasteiger charge is -2.10. The zero-order valence-corrected chi connectivity index (χ0v) is 12.0. The molecule has 1 atom stereocenters. The van der Waals surface area contributed by atoms with E-state index in [-0.39, 0.29) is 12.3 Å². The topological polar surface area (TPSA) is 66.4 Å². The summed E-state index contributed by atoms with van der Waals surface area (Å²) in [6.45, 7) is 1.78. The molecular weight excluding hydrogens is 289 g/mol. The molecule has 0 aliphatic rings. The molecule has 0 saturated heterocycles. The van der Waals surface area contributed by atoms with Crippen LogP contribution < -0.4 is 5.32 Å². The summed E-state index contributed by atoms with van der Waals surface area (Å²) in [5.41, 5.74) is 0.472. The molecule has 1 rings (SSSR count). The van der Waals surface area contributed by atoms with E-state index in [1.54, 1.807) is 19.1 Å². The molecule has 104 valence electrons. The molecule has 0 fully saturated rings. The first-order valence-electron chi connectivity index (χ1n) is 5.91. The molecule has 0 spiro atoms. The lowest BCUT2D eigenvalue weighted by atomic mass is 10.0. The summed E-state index contributed by atoms with van der Waals surface area (Å²) >= 11 is 11.7. The van der Waals surface area contributed by atoms with Gasteiger partial charge in [-0.15, -0.1) is 0 Å². The van der Waals surface area contributed by atoms with Crippen molar-refractivity contribution in [1.82, 2.24) is 0 Å². The Morgan fingerprint density at radius 3 is 2.58 bits per heavy atom. The number of amides is 1. The first kappa shape index (κ1) is 15.8. The third kappa shape index (κ3) is 5.09. The molecule has 1 unspecified atom stereocenters. The number of aliphatic carboxylic acids is 1. The Hall–Kier alpha value is -1.26. The average molecular weight is 304 g/mol. The van der Waals surface area contributed by atoms with Gasteiger partial charge in [-0.3, -0.25) is 9.59 Å². The lowest BCUT2D eigenvalue weighted by Crippen LogP contribution is -2.17. The van der Waals surface area contributed by atoms with Crippen LogP contribution in [0.1, 0.15) is 26.2 Å². The molecule has 0 aliphatic heterocycles. The van der Waals surface area contributed by atoms with Gasteiger partial charge in [0.25, 0.3) is 0 Å². The maximum Gasteiger partial charge on any atom is 0.306 e. The number of halogens is 2. The highest BCUT2D eigenvalue weighted by Crippen LogP contribution is 2.25. The van der Waals surface area contributed by atoms with Crippen LogP contribution in [0.25, 0.3) is 0 Å². The molecule has 4 nitrogen and oxygen atoms in total. The van der Waals surface area contributed by atoms with Gasteiger partial charge in [-0.1, -0.05) is 30.1 Å². The molecule has 0 aromatic heterocycles. The monoisotopic (exact) mass is 303 g/mol. The Bertz CT molecular complexity index is 477. The summed E-state index contributed by atoms with van der Waals surface area (Å²) in [5.74, 6) is -1.63. The zero-order valence-electron chi connectivity index (χ0n) is 10.5. The van der Waals surface area contributed by atoms with Crippen LogP contribution in [0.2, 0.25) is 10.0 Å². The van der Waals surface area contributed by atoms with Crippen molar-refractivity contribution in [3.63, 3.8) is 0 Å². The van der Waals surface area contributed by atoms with Crippen LogP contribution in [-0.2, 0) is 9.59 Å². The van der Waals surface area contributed by atoms with Crippen molar-refractivity contribution in [2.75, 3.05) is 5.32 Å². The summed E-state index contributed by atoms with van der Waals surface area (Å²) < 4.78 is 0. The second-order valence-corrected chi connectivity index (χ2v) is 5.00. The number of anilines is 1. The fourth-order valence-corrected chi connectivity index (χ4v) is 2.07. The number of benzene rings is 1. The minimum atomic E-state index is -0.875. The molecule has 6 heteroatoms. The fraction of sp³-hybridized carbons (Fsp3) is 0.385. The molecule has 19 heavy (non-hydrogen) atoms. The second kappa shape index (κ2) is 7.36. The molecule has 0 radical (unpaired) electrons. The van der Waals surface area contributed by atoms with Gasteiger partial charge in [-0.05, 0) is 31.0 Å². The molecule has 0 saturated carbocycles. The van der Waals surface area contributed by atoms with Crippen molar-refractivity contribution < 1.29 is 14.7 Å². The molecule has 1 amide bonds. The van der Waals surface area contributed by atoms with Gasteiger partial charge < -0.3 is 10.4 Å². The maximum atomic E-state index is 11.7. The summed E-state index contributed by atoms with van der Waals surface area (Å²) in [6.07, 6.45) is 0.955. The fourth-order valence-electron chi connectivity index (χ4n) is 1.61. The van der Waals surface area contributed by atoms with E-state index >= 15 is 0 Å². The molecule has 1 aromatic rings. The highest BCUT2D eigenvalue weighted by atomic mass is 35.5. The third-order valence-corrected chi connectivity index (χ3v) is 3.31. The Morgan fingerprint density at radius 2 is 2.05 bits per heavy atom. The van der Waals surface area contributed by atoms with Gasteiger partial charge in [0.2, 0.25) is 5.91 Å². The lowest BCUT2D eigenvalue weighted by molar-refractivity contribution is -0.142. The van der Waals surface area contributed by atoms with Gasteiger partial charge in [0.05, 0.1) is 16.6 Å². The van der Waals surface area contributed by atoms with Gasteiger partial charge in [0, 0.05) is 11.4 Å². The van der Waals surface area contributed by atoms with Crippen molar-refractivity contribution in [2.24, 2.45) is 5.92 Å². The van der Waals surface area contributed by atoms with Crippen molar-refractivity contribution in [1.29, 1.82) is 0 Å². The van der Waals surface area contributed by atoms with E-state index < -0.39 is 11.9 Å². The summed E-state index contributed by atoms with van der Waals surface area (Å²) in [4.78, 5) is 22.5. The van der Waals surface area contributed by atoms with Crippen molar-refractivity contribution in [2.45, 2.75) is 26.2 Å². The summed E-state index contributed by atoms with van der Waals surface area (Å²) in [7, 11) is 0. The Morgan fingerprint density at radius 1 is 1.37 bits per heavy atom. The average Bonchev–Trinajstić information content (AvgIpc) is 2.33. The Kier molecular flexibility index (Phi) is 6.12. The van der Waals surface area contributed by atoms with Crippen LogP contribution in [-0.4, -0.2) is 17.0 Å². The highest BCUT2D eigenvalue weighted by Gasteiger charge is 2.16. The number of carboxylic acid groups (broad SMARTS) is 1. The third-order valence-electron chi connectivity index (χ3n) is 2.77. The van der Waals surface area contributed by atoms with E-state index in [1.165, 1.54) is 6.07 Å². The molecule has 0 aliphatic carbocycles. The van der Waals surface area contributed by atoms with Gasteiger partial charge >= 0.3 is 5.97 Å². The first-order valence-corrected chi connectivity index (χ1v) is 6.67. The maximum absolute atomic E-state index is 11.7.